The second-order valence-electron chi connectivity index (χ2n) is 3.07. The van der Waals surface area contributed by atoms with Gasteiger partial charge in [-0.15, -0.1) is 0 Å². The molecule has 1 heterocycles. The molecule has 0 saturated carbocycles. The van der Waals surface area contributed by atoms with Gasteiger partial charge in [-0.3, -0.25) is 0 Å². The molecule has 0 aliphatic carbocycles. The summed E-state index contributed by atoms with van der Waals surface area (Å²) in [5.74, 6) is 0. The molecule has 2 nitrogen and oxygen atoms in total. The predicted molar refractivity (Wildman–Crippen MR) is 56.2 cm³/mol. The van der Waals surface area contributed by atoms with Crippen LogP contribution in [-0.2, 0) is 6.42 Å². The highest BCUT2D eigenvalue weighted by molar-refractivity contribution is 9.09. The molecule has 68 valence electrons. The highest BCUT2D eigenvalue weighted by Crippen LogP contribution is 2.20. The minimum Gasteiger partial charge on any atom is -0.356 e. The molecule has 1 aromatic carbocycles. The molecule has 0 amide bonds. The fourth-order valence-corrected chi connectivity index (χ4v) is 1.74. The lowest BCUT2D eigenvalue weighted by molar-refractivity contribution is 0.447. The van der Waals surface area contributed by atoms with E-state index in [0.717, 1.165) is 28.4 Å². The van der Waals surface area contributed by atoms with Gasteiger partial charge in [0.1, 0.15) is 0 Å². The molecule has 0 aliphatic rings. The molecule has 0 bridgehead atoms. The van der Waals surface area contributed by atoms with Crippen molar-refractivity contribution in [3.05, 3.63) is 29.5 Å². The van der Waals surface area contributed by atoms with Crippen LogP contribution in [0.15, 0.2) is 22.7 Å². The SMILES string of the molecule is Cc1ccc2c(CCBr)noc2c1. The number of hydrogen-bond donors (Lipinski definition) is 0. The summed E-state index contributed by atoms with van der Waals surface area (Å²) in [7, 11) is 0. The number of halogens is 1. The van der Waals surface area contributed by atoms with Gasteiger partial charge in [-0.25, -0.2) is 0 Å². The minimum absolute atomic E-state index is 0.885. The van der Waals surface area contributed by atoms with Crippen LogP contribution in [0.2, 0.25) is 0 Å². The smallest absolute Gasteiger partial charge is 0.167 e. The average Bonchev–Trinajstić information content (AvgIpc) is 2.49. The van der Waals surface area contributed by atoms with Crippen molar-refractivity contribution in [3.8, 4) is 0 Å². The third-order valence-electron chi connectivity index (χ3n) is 2.03. The lowest BCUT2D eigenvalue weighted by Gasteiger charge is -1.92. The molecule has 0 fully saturated rings. The van der Waals surface area contributed by atoms with Crippen molar-refractivity contribution in [2.45, 2.75) is 13.3 Å². The first-order valence-electron chi connectivity index (χ1n) is 4.22. The molecule has 0 radical (unpaired) electrons. The number of nitrogens with zero attached hydrogens (tertiary/aromatic N) is 1. The lowest BCUT2D eigenvalue weighted by atomic mass is 10.1. The first kappa shape index (κ1) is 8.75. The Kier molecular flexibility index (Phi) is 2.36. The van der Waals surface area contributed by atoms with Crippen LogP contribution < -0.4 is 0 Å². The van der Waals surface area contributed by atoms with Crippen molar-refractivity contribution < 1.29 is 4.52 Å². The molecule has 0 saturated heterocycles. The number of benzene rings is 1. The van der Waals surface area contributed by atoms with Gasteiger partial charge in [-0.05, 0) is 24.6 Å². The third-order valence-corrected chi connectivity index (χ3v) is 2.43. The number of alkyl halides is 1. The summed E-state index contributed by atoms with van der Waals surface area (Å²) in [6.45, 7) is 2.05. The van der Waals surface area contributed by atoms with Crippen molar-refractivity contribution in [2.75, 3.05) is 5.33 Å². The van der Waals surface area contributed by atoms with Crippen LogP contribution in [0.3, 0.4) is 0 Å². The van der Waals surface area contributed by atoms with Crippen LogP contribution in [0, 0.1) is 6.92 Å². The standard InChI is InChI=1S/C10H10BrNO/c1-7-2-3-8-9(4-5-11)12-13-10(8)6-7/h2-3,6H,4-5H2,1H3. The summed E-state index contributed by atoms with van der Waals surface area (Å²) in [6, 6.07) is 6.16. The molecule has 13 heavy (non-hydrogen) atoms. The van der Waals surface area contributed by atoms with Crippen molar-refractivity contribution >= 4 is 26.9 Å². The molecule has 2 rings (SSSR count). The molecule has 3 heteroatoms. The zero-order valence-corrected chi connectivity index (χ0v) is 8.97. The summed E-state index contributed by atoms with van der Waals surface area (Å²) < 4.78 is 5.21. The number of aryl methyl sites for hydroxylation is 2. The Hall–Kier alpha value is -0.830. The van der Waals surface area contributed by atoms with E-state index in [1.807, 2.05) is 13.0 Å². The van der Waals surface area contributed by atoms with Crippen molar-refractivity contribution in [3.63, 3.8) is 0 Å². The lowest BCUT2D eigenvalue weighted by Crippen LogP contribution is -1.85. The van der Waals surface area contributed by atoms with Gasteiger partial charge in [-0.1, -0.05) is 27.2 Å². The van der Waals surface area contributed by atoms with Gasteiger partial charge in [-0.2, -0.15) is 0 Å². The first-order chi connectivity index (χ1) is 6.31. The Labute approximate surface area is 85.0 Å². The van der Waals surface area contributed by atoms with E-state index in [9.17, 15) is 0 Å². The predicted octanol–water partition coefficient (Wildman–Crippen LogP) is 3.07. The summed E-state index contributed by atoms with van der Waals surface area (Å²) >= 11 is 3.39. The van der Waals surface area contributed by atoms with Crippen molar-refractivity contribution in [2.24, 2.45) is 0 Å². The van der Waals surface area contributed by atoms with E-state index in [4.69, 9.17) is 4.52 Å². The van der Waals surface area contributed by atoms with Crippen LogP contribution in [0.5, 0.6) is 0 Å². The fourth-order valence-electron chi connectivity index (χ4n) is 1.37. The Balaban J connectivity index is 2.55. The molecular weight excluding hydrogens is 230 g/mol. The van der Waals surface area contributed by atoms with Gasteiger partial charge in [0.2, 0.25) is 0 Å². The monoisotopic (exact) mass is 239 g/mol. The molecule has 0 atom stereocenters. The Bertz CT molecular complexity index is 422. The molecule has 0 unspecified atom stereocenters. The topological polar surface area (TPSA) is 26.0 Å². The Morgan fingerprint density at radius 1 is 1.46 bits per heavy atom. The van der Waals surface area contributed by atoms with Crippen LogP contribution in [0.4, 0.5) is 0 Å². The van der Waals surface area contributed by atoms with Gasteiger partial charge in [0.15, 0.2) is 5.58 Å². The minimum atomic E-state index is 0.885. The second-order valence-corrected chi connectivity index (χ2v) is 3.86. The number of rotatable bonds is 2. The molecule has 0 spiro atoms. The third kappa shape index (κ3) is 1.61. The molecular formula is C10H10BrNO. The molecule has 0 aliphatic heterocycles. The summed E-state index contributed by atoms with van der Waals surface area (Å²) in [6.07, 6.45) is 0.913. The van der Waals surface area contributed by atoms with E-state index >= 15 is 0 Å². The molecule has 1 aromatic heterocycles. The highest BCUT2D eigenvalue weighted by Gasteiger charge is 2.06. The molecule has 2 aromatic rings. The fraction of sp³-hybridized carbons (Fsp3) is 0.300. The first-order valence-corrected chi connectivity index (χ1v) is 5.34. The summed E-state index contributed by atoms with van der Waals surface area (Å²) in [4.78, 5) is 0. The van der Waals surface area contributed by atoms with Gasteiger partial charge >= 0.3 is 0 Å². The number of aromatic nitrogens is 1. The van der Waals surface area contributed by atoms with Gasteiger partial charge in [0, 0.05) is 17.1 Å². The van der Waals surface area contributed by atoms with E-state index in [-0.39, 0.29) is 0 Å². The number of hydrogen-bond acceptors (Lipinski definition) is 2. The largest absolute Gasteiger partial charge is 0.356 e. The Morgan fingerprint density at radius 2 is 2.31 bits per heavy atom. The zero-order chi connectivity index (χ0) is 9.26. The van der Waals surface area contributed by atoms with E-state index in [1.165, 1.54) is 5.56 Å². The average molecular weight is 240 g/mol. The maximum Gasteiger partial charge on any atom is 0.167 e. The maximum absolute atomic E-state index is 5.21. The summed E-state index contributed by atoms with van der Waals surface area (Å²) in [5, 5.41) is 6.07. The Morgan fingerprint density at radius 3 is 3.08 bits per heavy atom. The summed E-state index contributed by atoms with van der Waals surface area (Å²) in [5.41, 5.74) is 3.12. The van der Waals surface area contributed by atoms with Crippen LogP contribution in [0.1, 0.15) is 11.3 Å². The second kappa shape index (κ2) is 3.50. The van der Waals surface area contributed by atoms with Crippen molar-refractivity contribution in [1.29, 1.82) is 0 Å². The van der Waals surface area contributed by atoms with E-state index < -0.39 is 0 Å². The van der Waals surface area contributed by atoms with E-state index in [1.54, 1.807) is 0 Å². The highest BCUT2D eigenvalue weighted by atomic mass is 79.9. The van der Waals surface area contributed by atoms with Crippen LogP contribution in [-0.4, -0.2) is 10.5 Å². The normalized spacial score (nSPS) is 10.9. The van der Waals surface area contributed by atoms with Crippen molar-refractivity contribution in [1.82, 2.24) is 5.16 Å². The van der Waals surface area contributed by atoms with Gasteiger partial charge in [0.05, 0.1) is 5.69 Å². The zero-order valence-electron chi connectivity index (χ0n) is 7.38. The number of fused-ring (bicyclic) bond motifs is 1. The van der Waals surface area contributed by atoms with E-state index in [2.05, 4.69) is 33.2 Å². The van der Waals surface area contributed by atoms with Gasteiger partial charge < -0.3 is 4.52 Å². The quantitative estimate of drug-likeness (QED) is 0.754. The van der Waals surface area contributed by atoms with Crippen LogP contribution >= 0.6 is 15.9 Å². The maximum atomic E-state index is 5.21. The van der Waals surface area contributed by atoms with Crippen LogP contribution in [0.25, 0.3) is 11.0 Å². The molecule has 0 N–H and O–H groups in total. The van der Waals surface area contributed by atoms with E-state index in [0.29, 0.717) is 0 Å². The van der Waals surface area contributed by atoms with Gasteiger partial charge in [0.25, 0.3) is 0 Å².